The van der Waals surface area contributed by atoms with Crippen molar-refractivity contribution in [2.75, 3.05) is 13.1 Å². The van der Waals surface area contributed by atoms with Crippen molar-refractivity contribution in [2.45, 2.75) is 56.8 Å². The molecular weight excluding hydrogens is 478 g/mol. The minimum atomic E-state index is -1.28. The van der Waals surface area contributed by atoms with Crippen LogP contribution in [0.1, 0.15) is 44.7 Å². The number of hydrogen-bond acceptors (Lipinski definition) is 4. The van der Waals surface area contributed by atoms with Crippen molar-refractivity contribution in [1.29, 1.82) is 0 Å². The average Bonchev–Trinajstić information content (AvgIpc) is 3.09. The van der Waals surface area contributed by atoms with Crippen molar-refractivity contribution < 1.29 is 18.8 Å². The molecule has 3 rings (SSSR count). The lowest BCUT2D eigenvalue weighted by Crippen LogP contribution is -2.37. The van der Waals surface area contributed by atoms with E-state index in [-0.39, 0.29) is 0 Å². The Morgan fingerprint density at radius 2 is 1.88 bits per heavy atom. The average molecular weight is 508 g/mol. The number of rotatable bonds is 11. The molecule has 3 aromatic rings. The molecule has 5 nitrogen and oxygen atoms in total. The maximum atomic E-state index is 13.4. The van der Waals surface area contributed by atoms with Crippen LogP contribution in [0.25, 0.3) is 10.1 Å². The number of aliphatic carboxylic acids is 1. The first-order valence-corrected chi connectivity index (χ1v) is 13.3. The molecule has 0 aliphatic rings. The Kier molecular flexibility index (Phi) is 8.56. The molecule has 1 N–H and O–H groups in total. The molecule has 2 aromatic carbocycles. The van der Waals surface area contributed by atoms with E-state index in [1.54, 1.807) is 23.5 Å². The molecule has 0 saturated carbocycles. The van der Waals surface area contributed by atoms with Crippen LogP contribution in [-0.4, -0.2) is 38.3 Å². The quantitative estimate of drug-likeness (QED) is 0.323. The lowest BCUT2D eigenvalue weighted by atomic mass is 10.1. The number of fused-ring (bicyclic) bond motifs is 1. The summed E-state index contributed by atoms with van der Waals surface area (Å²) in [7, 11) is -1.22. The summed E-state index contributed by atoms with van der Waals surface area (Å²) in [6, 6.07) is 13.3. The minimum absolute atomic E-state index is 0.528. The molecule has 33 heavy (non-hydrogen) atoms. The van der Waals surface area contributed by atoms with Gasteiger partial charge >= 0.3 is 5.97 Å². The first-order valence-electron chi connectivity index (χ1n) is 11.0. The molecule has 0 aliphatic carbocycles. The van der Waals surface area contributed by atoms with Gasteiger partial charge in [0.15, 0.2) is 5.60 Å². The zero-order chi connectivity index (χ0) is 24.2. The van der Waals surface area contributed by atoms with E-state index in [0.717, 1.165) is 57.8 Å². The third-order valence-electron chi connectivity index (χ3n) is 5.40. The van der Waals surface area contributed by atoms with Gasteiger partial charge in [0.2, 0.25) is 0 Å². The Morgan fingerprint density at radius 3 is 2.52 bits per heavy atom. The van der Waals surface area contributed by atoms with E-state index in [1.807, 2.05) is 41.6 Å². The van der Waals surface area contributed by atoms with Crippen LogP contribution in [0.2, 0.25) is 5.02 Å². The van der Waals surface area contributed by atoms with Crippen molar-refractivity contribution in [2.24, 2.45) is 0 Å². The third-order valence-corrected chi connectivity index (χ3v) is 8.84. The highest BCUT2D eigenvalue weighted by Gasteiger charge is 2.29. The predicted octanol–water partition coefficient (Wildman–Crippen LogP) is 6.47. The van der Waals surface area contributed by atoms with Gasteiger partial charge in [-0.05, 0) is 86.9 Å². The van der Waals surface area contributed by atoms with Gasteiger partial charge in [-0.2, -0.15) is 0 Å². The van der Waals surface area contributed by atoms with Crippen molar-refractivity contribution in [3.05, 3.63) is 58.6 Å². The molecule has 0 amide bonds. The zero-order valence-corrected chi connectivity index (χ0v) is 21.8. The van der Waals surface area contributed by atoms with Crippen LogP contribution >= 0.6 is 22.9 Å². The number of carboxylic acids is 1. The number of halogens is 1. The first kappa shape index (κ1) is 25.7. The monoisotopic (exact) mass is 507 g/mol. The Morgan fingerprint density at radius 1 is 1.18 bits per heavy atom. The van der Waals surface area contributed by atoms with Gasteiger partial charge in [-0.25, -0.2) is 13.3 Å². The summed E-state index contributed by atoms with van der Waals surface area (Å²) in [5.74, 6) is -0.479. The van der Waals surface area contributed by atoms with E-state index >= 15 is 0 Å². The van der Waals surface area contributed by atoms with Gasteiger partial charge in [0.05, 0.1) is 0 Å². The molecule has 1 aromatic heterocycles. The van der Waals surface area contributed by atoms with Crippen molar-refractivity contribution in [3.8, 4) is 5.75 Å². The van der Waals surface area contributed by atoms with Crippen LogP contribution in [0.3, 0.4) is 0 Å². The lowest BCUT2D eigenvalue weighted by molar-refractivity contribution is -0.152. The van der Waals surface area contributed by atoms with E-state index in [1.165, 1.54) is 13.8 Å². The molecule has 8 heteroatoms. The number of carbonyl (C=O) groups is 1. The Balaban J connectivity index is 1.63. The molecule has 0 bridgehead atoms. The molecule has 0 saturated heterocycles. The largest absolute Gasteiger partial charge is 0.478 e. The summed E-state index contributed by atoms with van der Waals surface area (Å²) >= 11 is 7.73. The number of thiophene rings is 1. The fourth-order valence-corrected chi connectivity index (χ4v) is 6.72. The Labute approximate surface area is 206 Å². The van der Waals surface area contributed by atoms with Gasteiger partial charge in [-0.1, -0.05) is 30.7 Å². The van der Waals surface area contributed by atoms with Gasteiger partial charge < -0.3 is 9.84 Å². The van der Waals surface area contributed by atoms with Gasteiger partial charge in [0.25, 0.3) is 0 Å². The molecule has 0 radical (unpaired) electrons. The van der Waals surface area contributed by atoms with Crippen LogP contribution < -0.4 is 4.74 Å². The molecule has 1 atom stereocenters. The maximum Gasteiger partial charge on any atom is 0.347 e. The van der Waals surface area contributed by atoms with Gasteiger partial charge in [0.1, 0.15) is 20.9 Å². The summed E-state index contributed by atoms with van der Waals surface area (Å²) in [6.07, 6.45) is 2.62. The van der Waals surface area contributed by atoms with Gasteiger partial charge in [-0.3, -0.25) is 0 Å². The van der Waals surface area contributed by atoms with Gasteiger partial charge in [-0.15, -0.1) is 11.3 Å². The molecular formula is C25H30ClNO4S2. The second-order valence-corrected chi connectivity index (χ2v) is 11.7. The van der Waals surface area contributed by atoms with E-state index < -0.39 is 22.6 Å². The number of ether oxygens (including phenoxy) is 1. The second-order valence-electron chi connectivity index (χ2n) is 8.50. The molecule has 0 fully saturated rings. The van der Waals surface area contributed by atoms with Crippen LogP contribution in [-0.2, 0) is 22.2 Å². The topological polar surface area (TPSA) is 66.8 Å². The van der Waals surface area contributed by atoms with Crippen molar-refractivity contribution in [1.82, 2.24) is 4.31 Å². The summed E-state index contributed by atoms with van der Waals surface area (Å²) in [5.41, 5.74) is 0.893. The SMILES string of the molecule is CCCN(CCCc1ccc(OC(C)(C)C(=O)O)cc1)S(=O)c1sc2ccc(Cl)cc2c1C. The Bertz CT molecular complexity index is 1140. The third kappa shape index (κ3) is 6.35. The molecule has 178 valence electrons. The predicted molar refractivity (Wildman–Crippen MR) is 137 cm³/mol. The fourth-order valence-electron chi connectivity index (χ4n) is 3.50. The highest BCUT2D eigenvalue weighted by molar-refractivity contribution is 7.85. The summed E-state index contributed by atoms with van der Waals surface area (Å²) < 4.78 is 23.0. The molecule has 1 heterocycles. The van der Waals surface area contributed by atoms with Crippen molar-refractivity contribution in [3.63, 3.8) is 0 Å². The summed E-state index contributed by atoms with van der Waals surface area (Å²) in [4.78, 5) is 11.2. The maximum absolute atomic E-state index is 13.4. The minimum Gasteiger partial charge on any atom is -0.478 e. The number of carboxylic acid groups (broad SMARTS) is 1. The lowest BCUT2D eigenvalue weighted by Gasteiger charge is -2.22. The number of aryl methyl sites for hydroxylation is 2. The van der Waals surface area contributed by atoms with Gasteiger partial charge in [0, 0.05) is 22.8 Å². The molecule has 1 unspecified atom stereocenters. The van der Waals surface area contributed by atoms with Crippen molar-refractivity contribution >= 4 is 50.0 Å². The summed E-state index contributed by atoms with van der Waals surface area (Å²) in [6.45, 7) is 8.65. The molecule has 0 aliphatic heterocycles. The fraction of sp³-hybridized carbons (Fsp3) is 0.400. The van der Waals surface area contributed by atoms with Crippen LogP contribution in [0.5, 0.6) is 5.75 Å². The van der Waals surface area contributed by atoms with E-state index in [9.17, 15) is 14.1 Å². The van der Waals surface area contributed by atoms with Crippen LogP contribution in [0, 0.1) is 6.92 Å². The number of hydrogen-bond donors (Lipinski definition) is 1. The van der Waals surface area contributed by atoms with E-state index in [2.05, 4.69) is 6.92 Å². The number of benzene rings is 2. The normalized spacial score (nSPS) is 12.9. The molecule has 0 spiro atoms. The smallest absolute Gasteiger partial charge is 0.347 e. The Hall–Kier alpha value is -1.93. The van der Waals surface area contributed by atoms with E-state index in [4.69, 9.17) is 16.3 Å². The second kappa shape index (κ2) is 11.0. The zero-order valence-electron chi connectivity index (χ0n) is 19.4. The highest BCUT2D eigenvalue weighted by atomic mass is 35.5. The highest BCUT2D eigenvalue weighted by Crippen LogP contribution is 2.35. The van der Waals surface area contributed by atoms with E-state index in [0.29, 0.717) is 10.8 Å². The summed E-state index contributed by atoms with van der Waals surface area (Å²) in [5, 5.41) is 11.0. The first-order chi connectivity index (χ1) is 15.6. The standard InChI is InChI=1S/C25H30ClNO4S2/c1-5-14-27(33(30)23-17(2)21-16-19(26)10-13-22(21)32-23)15-6-7-18-8-11-20(12-9-18)31-25(3,4)24(28)29/h8-13,16H,5-7,14-15H2,1-4H3,(H,28,29). The van der Waals surface area contributed by atoms with Crippen LogP contribution in [0.4, 0.5) is 0 Å². The number of nitrogens with zero attached hydrogens (tertiary/aromatic N) is 1. The van der Waals surface area contributed by atoms with Crippen LogP contribution in [0.15, 0.2) is 46.7 Å².